The second-order valence-corrected chi connectivity index (χ2v) is 6.55. The Bertz CT molecular complexity index is 1110. The number of aromatic nitrogens is 3. The van der Waals surface area contributed by atoms with Gasteiger partial charge < -0.3 is 5.32 Å². The molecule has 2 heterocycles. The van der Waals surface area contributed by atoms with Crippen LogP contribution in [0.4, 0.5) is 15.8 Å². The summed E-state index contributed by atoms with van der Waals surface area (Å²) >= 11 is 0. The molecule has 8 nitrogen and oxygen atoms in total. The zero-order valence-corrected chi connectivity index (χ0v) is 15.5. The third-order valence-electron chi connectivity index (χ3n) is 4.41. The Labute approximate surface area is 165 Å². The fraction of sp³-hybridized carbons (Fsp3) is 0.150. The predicted molar refractivity (Wildman–Crippen MR) is 105 cm³/mol. The van der Waals surface area contributed by atoms with Gasteiger partial charge in [0.2, 0.25) is 5.91 Å². The largest absolute Gasteiger partial charge is 0.321 e. The SMILES string of the molecule is Cc1cccc(N2N=C(C(=O)Nc3ccc(-n4cncn4)c(F)c3)CCC2=O)c1. The number of hydrazone groups is 1. The maximum Gasteiger partial charge on any atom is 0.271 e. The van der Waals surface area contributed by atoms with E-state index in [9.17, 15) is 14.0 Å². The van der Waals surface area contributed by atoms with Crippen LogP contribution in [0.25, 0.3) is 5.69 Å². The van der Waals surface area contributed by atoms with Crippen molar-refractivity contribution in [3.05, 3.63) is 66.5 Å². The number of hydrogen-bond donors (Lipinski definition) is 1. The maximum absolute atomic E-state index is 14.4. The lowest BCUT2D eigenvalue weighted by Crippen LogP contribution is -2.36. The number of nitrogens with zero attached hydrogens (tertiary/aromatic N) is 5. The van der Waals surface area contributed by atoms with E-state index < -0.39 is 11.7 Å². The minimum absolute atomic E-state index is 0.166. The zero-order valence-electron chi connectivity index (χ0n) is 15.5. The van der Waals surface area contributed by atoms with Gasteiger partial charge >= 0.3 is 0 Å². The van der Waals surface area contributed by atoms with Gasteiger partial charge in [-0.3, -0.25) is 9.59 Å². The van der Waals surface area contributed by atoms with E-state index in [2.05, 4.69) is 20.5 Å². The monoisotopic (exact) mass is 392 g/mol. The van der Waals surface area contributed by atoms with Crippen molar-refractivity contribution in [1.82, 2.24) is 14.8 Å². The molecule has 0 aliphatic carbocycles. The van der Waals surface area contributed by atoms with E-state index >= 15 is 0 Å². The van der Waals surface area contributed by atoms with E-state index in [1.807, 2.05) is 25.1 Å². The van der Waals surface area contributed by atoms with Crippen molar-refractivity contribution in [2.24, 2.45) is 5.10 Å². The molecule has 1 aliphatic heterocycles. The van der Waals surface area contributed by atoms with E-state index in [0.29, 0.717) is 5.69 Å². The topological polar surface area (TPSA) is 92.5 Å². The van der Waals surface area contributed by atoms with Gasteiger partial charge in [0, 0.05) is 18.5 Å². The van der Waals surface area contributed by atoms with E-state index in [4.69, 9.17) is 0 Å². The first-order valence-electron chi connectivity index (χ1n) is 8.94. The van der Waals surface area contributed by atoms with Gasteiger partial charge in [-0.15, -0.1) is 0 Å². The molecule has 0 bridgehead atoms. The van der Waals surface area contributed by atoms with Crippen molar-refractivity contribution in [1.29, 1.82) is 0 Å². The highest BCUT2D eigenvalue weighted by molar-refractivity contribution is 6.44. The van der Waals surface area contributed by atoms with Crippen LogP contribution in [0, 0.1) is 12.7 Å². The Morgan fingerprint density at radius 2 is 2.03 bits per heavy atom. The molecule has 0 saturated heterocycles. The molecule has 9 heteroatoms. The van der Waals surface area contributed by atoms with Gasteiger partial charge in [-0.05, 0) is 42.8 Å². The number of halogens is 1. The zero-order chi connectivity index (χ0) is 20.4. The van der Waals surface area contributed by atoms with Gasteiger partial charge in [-0.1, -0.05) is 12.1 Å². The van der Waals surface area contributed by atoms with Crippen LogP contribution in [0.3, 0.4) is 0 Å². The Balaban J connectivity index is 1.54. The third kappa shape index (κ3) is 3.88. The Kier molecular flexibility index (Phi) is 4.86. The predicted octanol–water partition coefficient (Wildman–Crippen LogP) is 2.84. The van der Waals surface area contributed by atoms with Gasteiger partial charge in [0.1, 0.15) is 24.1 Å². The second-order valence-electron chi connectivity index (χ2n) is 6.55. The van der Waals surface area contributed by atoms with Crippen molar-refractivity contribution in [3.63, 3.8) is 0 Å². The number of benzene rings is 2. The fourth-order valence-electron chi connectivity index (χ4n) is 2.98. The van der Waals surface area contributed by atoms with E-state index in [1.165, 1.54) is 34.5 Å². The molecule has 3 aromatic rings. The van der Waals surface area contributed by atoms with Crippen molar-refractivity contribution in [2.45, 2.75) is 19.8 Å². The molecule has 2 aromatic carbocycles. The Hall–Kier alpha value is -3.88. The summed E-state index contributed by atoms with van der Waals surface area (Å²) in [6, 6.07) is 11.6. The lowest BCUT2D eigenvalue weighted by Gasteiger charge is -2.23. The van der Waals surface area contributed by atoms with Crippen molar-refractivity contribution in [2.75, 3.05) is 10.3 Å². The molecule has 0 atom stereocenters. The average molecular weight is 392 g/mol. The lowest BCUT2D eigenvalue weighted by molar-refractivity contribution is -0.118. The summed E-state index contributed by atoms with van der Waals surface area (Å²) in [6.07, 6.45) is 3.06. The summed E-state index contributed by atoms with van der Waals surface area (Å²) in [5, 5.41) is 12.0. The number of rotatable bonds is 4. The highest BCUT2D eigenvalue weighted by Gasteiger charge is 2.26. The summed E-state index contributed by atoms with van der Waals surface area (Å²) in [4.78, 5) is 28.6. The number of aryl methyl sites for hydroxylation is 1. The molecular weight excluding hydrogens is 375 g/mol. The van der Waals surface area contributed by atoms with Gasteiger partial charge in [0.15, 0.2) is 5.82 Å². The quantitative estimate of drug-likeness (QED) is 0.739. The van der Waals surface area contributed by atoms with Crippen molar-refractivity contribution in [3.8, 4) is 5.69 Å². The summed E-state index contributed by atoms with van der Waals surface area (Å²) in [7, 11) is 0. The first-order valence-corrected chi connectivity index (χ1v) is 8.94. The highest BCUT2D eigenvalue weighted by atomic mass is 19.1. The smallest absolute Gasteiger partial charge is 0.271 e. The van der Waals surface area contributed by atoms with Crippen LogP contribution in [0.15, 0.2) is 60.2 Å². The van der Waals surface area contributed by atoms with Gasteiger partial charge in [0.25, 0.3) is 5.91 Å². The first kappa shape index (κ1) is 18.5. The normalized spacial score (nSPS) is 13.9. The molecule has 0 saturated carbocycles. The molecule has 1 N–H and O–H groups in total. The van der Waals surface area contributed by atoms with Crippen LogP contribution >= 0.6 is 0 Å². The molecule has 0 unspecified atom stereocenters. The average Bonchev–Trinajstić information content (AvgIpc) is 3.23. The molecule has 146 valence electrons. The molecule has 0 spiro atoms. The summed E-state index contributed by atoms with van der Waals surface area (Å²) in [6.45, 7) is 1.91. The minimum Gasteiger partial charge on any atom is -0.321 e. The Morgan fingerprint density at radius 3 is 2.76 bits per heavy atom. The van der Waals surface area contributed by atoms with Crippen LogP contribution in [-0.2, 0) is 9.59 Å². The molecule has 2 amide bonds. The first-order chi connectivity index (χ1) is 14.0. The molecule has 4 rings (SSSR count). The number of amides is 2. The van der Waals surface area contributed by atoms with Crippen molar-refractivity contribution < 1.29 is 14.0 Å². The number of hydrogen-bond acceptors (Lipinski definition) is 5. The number of carbonyl (C=O) groups is 2. The summed E-state index contributed by atoms with van der Waals surface area (Å²) in [5.41, 5.74) is 2.27. The standard InChI is InChI=1S/C20H17FN6O2/c1-13-3-2-4-15(9-13)27-19(28)8-6-17(25-27)20(29)24-14-5-7-18(16(21)10-14)26-12-22-11-23-26/h2-5,7,9-12H,6,8H2,1H3,(H,24,29). The third-order valence-corrected chi connectivity index (χ3v) is 4.41. The fourth-order valence-corrected chi connectivity index (χ4v) is 2.98. The summed E-state index contributed by atoms with van der Waals surface area (Å²) < 4.78 is 15.6. The number of anilines is 2. The Morgan fingerprint density at radius 1 is 1.17 bits per heavy atom. The second kappa shape index (κ2) is 7.63. The van der Waals surface area contributed by atoms with Crippen LogP contribution in [0.2, 0.25) is 0 Å². The molecular formula is C20H17FN6O2. The van der Waals surface area contributed by atoms with Crippen LogP contribution in [0.1, 0.15) is 18.4 Å². The highest BCUT2D eigenvalue weighted by Crippen LogP contribution is 2.22. The van der Waals surface area contributed by atoms with Crippen LogP contribution in [0.5, 0.6) is 0 Å². The number of nitrogens with one attached hydrogen (secondary N) is 1. The molecule has 1 aliphatic rings. The van der Waals surface area contributed by atoms with E-state index in [0.717, 1.165) is 5.56 Å². The molecule has 0 radical (unpaired) electrons. The molecule has 0 fully saturated rings. The van der Waals surface area contributed by atoms with Crippen LogP contribution in [-0.4, -0.2) is 32.3 Å². The molecule has 1 aromatic heterocycles. The van der Waals surface area contributed by atoms with E-state index in [1.54, 1.807) is 12.1 Å². The van der Waals surface area contributed by atoms with Gasteiger partial charge in [-0.25, -0.2) is 19.1 Å². The summed E-state index contributed by atoms with van der Waals surface area (Å²) in [5.74, 6) is -1.23. The minimum atomic E-state index is -0.560. The van der Waals surface area contributed by atoms with Gasteiger partial charge in [0.05, 0.1) is 5.69 Å². The van der Waals surface area contributed by atoms with Crippen LogP contribution < -0.4 is 10.3 Å². The van der Waals surface area contributed by atoms with E-state index in [-0.39, 0.29) is 35.8 Å². The molecule has 29 heavy (non-hydrogen) atoms. The van der Waals surface area contributed by atoms with Crippen molar-refractivity contribution >= 4 is 28.9 Å². The number of carbonyl (C=O) groups excluding carboxylic acids is 2. The lowest BCUT2D eigenvalue weighted by atomic mass is 10.1. The van der Waals surface area contributed by atoms with Gasteiger partial charge in [-0.2, -0.15) is 10.2 Å². The maximum atomic E-state index is 14.4.